The highest BCUT2D eigenvalue weighted by atomic mass is 19.1. The van der Waals surface area contributed by atoms with E-state index in [-0.39, 0.29) is 46.3 Å². The zero-order valence-electron chi connectivity index (χ0n) is 17.2. The van der Waals surface area contributed by atoms with E-state index in [0.717, 1.165) is 18.9 Å². The minimum Gasteiger partial charge on any atom is -0.483 e. The molecular formula is C19H24FN5O7. The Balaban J connectivity index is 0.000000860. The summed E-state index contributed by atoms with van der Waals surface area (Å²) in [5.41, 5.74) is 5.65. The summed E-state index contributed by atoms with van der Waals surface area (Å²) in [4.78, 5) is 43.3. The fourth-order valence-corrected chi connectivity index (χ4v) is 3.60. The maximum absolute atomic E-state index is 14.9. The molecule has 0 amide bonds. The van der Waals surface area contributed by atoms with Gasteiger partial charge in [0.2, 0.25) is 5.43 Å². The number of nitrogens with zero attached hydrogens (tertiary/aromatic N) is 4. The van der Waals surface area contributed by atoms with Gasteiger partial charge in [-0.3, -0.25) is 9.59 Å². The predicted octanol–water partition coefficient (Wildman–Crippen LogP) is -0.158. The van der Waals surface area contributed by atoms with Gasteiger partial charge in [-0.1, -0.05) is 5.16 Å². The molecule has 2 aromatic heterocycles. The van der Waals surface area contributed by atoms with Gasteiger partial charge in [0.15, 0.2) is 11.6 Å². The van der Waals surface area contributed by atoms with E-state index < -0.39 is 17.2 Å². The van der Waals surface area contributed by atoms with Crippen LogP contribution in [0, 0.1) is 11.7 Å². The van der Waals surface area contributed by atoms with Gasteiger partial charge in [0.05, 0.1) is 17.6 Å². The summed E-state index contributed by atoms with van der Waals surface area (Å²) in [7, 11) is 1.44. The molecule has 1 saturated carbocycles. The van der Waals surface area contributed by atoms with Gasteiger partial charge in [0.1, 0.15) is 18.3 Å². The first-order valence-electron chi connectivity index (χ1n) is 9.47. The summed E-state index contributed by atoms with van der Waals surface area (Å²) in [6.45, 7) is 0.823. The minimum absolute atomic E-state index is 0. The normalized spacial score (nSPS) is 18.7. The zero-order valence-corrected chi connectivity index (χ0v) is 17.2. The van der Waals surface area contributed by atoms with E-state index >= 15 is 0 Å². The minimum atomic E-state index is -1.34. The topological polar surface area (TPSA) is 192 Å². The maximum Gasteiger partial charge on any atom is 0.341 e. The number of carboxylic acids is 1. The van der Waals surface area contributed by atoms with Crippen LogP contribution in [-0.2, 0) is 9.63 Å². The molecule has 0 spiro atoms. The lowest BCUT2D eigenvalue weighted by Crippen LogP contribution is -2.26. The number of halogens is 1. The van der Waals surface area contributed by atoms with Crippen molar-refractivity contribution in [3.8, 4) is 0 Å². The van der Waals surface area contributed by atoms with Gasteiger partial charge in [-0.05, 0) is 18.9 Å². The second-order valence-corrected chi connectivity index (χ2v) is 7.16. The van der Waals surface area contributed by atoms with Gasteiger partial charge in [-0.15, -0.1) is 0 Å². The van der Waals surface area contributed by atoms with Crippen molar-refractivity contribution in [3.63, 3.8) is 0 Å². The smallest absolute Gasteiger partial charge is 0.341 e. The second kappa shape index (κ2) is 10.2. The number of nitrogens with two attached hydrogens (primary N) is 1. The van der Waals surface area contributed by atoms with Gasteiger partial charge in [0, 0.05) is 31.2 Å². The summed E-state index contributed by atoms with van der Waals surface area (Å²) in [5, 5.41) is 20.1. The number of rotatable bonds is 5. The van der Waals surface area contributed by atoms with Crippen molar-refractivity contribution in [1.29, 1.82) is 0 Å². The van der Waals surface area contributed by atoms with Crippen LogP contribution in [0.15, 0.2) is 22.2 Å². The number of carboxylic acid groups (broad SMARTS) is 2. The van der Waals surface area contributed by atoms with Gasteiger partial charge in [-0.25, -0.2) is 14.2 Å². The van der Waals surface area contributed by atoms with Crippen molar-refractivity contribution >= 4 is 35.0 Å². The Bertz CT molecular complexity index is 1100. The molecule has 0 radical (unpaired) electrons. The number of carbonyl (C=O) groups is 2. The van der Waals surface area contributed by atoms with Crippen molar-refractivity contribution in [2.24, 2.45) is 16.8 Å². The monoisotopic (exact) mass is 453 g/mol. The number of anilines is 1. The van der Waals surface area contributed by atoms with E-state index in [2.05, 4.69) is 10.1 Å². The third kappa shape index (κ3) is 4.68. The zero-order chi connectivity index (χ0) is 22.7. The van der Waals surface area contributed by atoms with Crippen LogP contribution < -0.4 is 16.1 Å². The average Bonchev–Trinajstić information content (AvgIpc) is 3.49. The SMILES string of the molecule is CON=C1CN(c2nc3c(cc2F)c(=O)c(C(=O)O)cn3C2CC2)C[C@@H]1CN.O.O=CO. The molecule has 1 saturated heterocycles. The molecule has 174 valence electrons. The van der Waals surface area contributed by atoms with E-state index in [4.69, 9.17) is 20.5 Å². The Labute approximate surface area is 181 Å². The molecule has 32 heavy (non-hydrogen) atoms. The number of hydrogen-bond donors (Lipinski definition) is 3. The van der Waals surface area contributed by atoms with Crippen LogP contribution in [-0.4, -0.2) is 70.1 Å². The first-order chi connectivity index (χ1) is 14.9. The van der Waals surface area contributed by atoms with E-state index in [9.17, 15) is 19.1 Å². The van der Waals surface area contributed by atoms with Crippen molar-refractivity contribution in [2.45, 2.75) is 18.9 Å². The van der Waals surface area contributed by atoms with Crippen molar-refractivity contribution in [3.05, 3.63) is 33.9 Å². The molecule has 1 aliphatic heterocycles. The Kier molecular flexibility index (Phi) is 7.83. The molecular weight excluding hydrogens is 429 g/mol. The molecule has 0 aromatic carbocycles. The molecule has 2 fully saturated rings. The van der Waals surface area contributed by atoms with E-state index in [1.165, 1.54) is 13.3 Å². The lowest BCUT2D eigenvalue weighted by Gasteiger charge is -2.19. The molecule has 1 aliphatic carbocycles. The number of pyridine rings is 2. The Morgan fingerprint density at radius 3 is 2.66 bits per heavy atom. The van der Waals surface area contributed by atoms with Crippen molar-refractivity contribution in [2.75, 3.05) is 31.6 Å². The lowest BCUT2D eigenvalue weighted by molar-refractivity contribution is -0.122. The lowest BCUT2D eigenvalue weighted by atomic mass is 10.1. The standard InChI is InChI=1S/C18H20FN5O4.CH2O2.H2O/c1-28-22-14-8-23(6-9(14)5-20)17-13(19)4-11-15(25)12(18(26)27)7-24(10-2-3-10)16(11)21-17;2-1-3;/h4,7,9-10H,2-3,5-6,8,20H2,1H3,(H,26,27);1H,(H,2,3);1H2/t9-;;/m0../s1. The Morgan fingerprint density at radius 2 is 2.12 bits per heavy atom. The van der Waals surface area contributed by atoms with Crippen LogP contribution >= 0.6 is 0 Å². The third-order valence-electron chi connectivity index (χ3n) is 5.17. The fourth-order valence-electron chi connectivity index (χ4n) is 3.60. The highest BCUT2D eigenvalue weighted by Gasteiger charge is 2.33. The molecule has 2 aliphatic rings. The summed E-state index contributed by atoms with van der Waals surface area (Å²) in [6.07, 6.45) is 3.02. The van der Waals surface area contributed by atoms with E-state index in [1.807, 2.05) is 0 Å². The predicted molar refractivity (Wildman–Crippen MR) is 113 cm³/mol. The van der Waals surface area contributed by atoms with Crippen LogP contribution in [0.2, 0.25) is 0 Å². The maximum atomic E-state index is 14.9. The molecule has 2 aromatic rings. The quantitative estimate of drug-likeness (QED) is 0.407. The van der Waals surface area contributed by atoms with E-state index in [1.54, 1.807) is 9.47 Å². The summed E-state index contributed by atoms with van der Waals surface area (Å²) in [6, 6.07) is 1.14. The van der Waals surface area contributed by atoms with Gasteiger partial charge in [-0.2, -0.15) is 0 Å². The highest BCUT2D eigenvalue weighted by Crippen LogP contribution is 2.37. The van der Waals surface area contributed by atoms with Gasteiger partial charge >= 0.3 is 5.97 Å². The van der Waals surface area contributed by atoms with Crippen molar-refractivity contribution < 1.29 is 34.5 Å². The molecule has 4 rings (SSSR count). The van der Waals surface area contributed by atoms with Crippen LogP contribution in [0.3, 0.4) is 0 Å². The average molecular weight is 453 g/mol. The molecule has 6 N–H and O–H groups in total. The van der Waals surface area contributed by atoms with Gasteiger partial charge < -0.3 is 35.7 Å². The third-order valence-corrected chi connectivity index (χ3v) is 5.17. The van der Waals surface area contributed by atoms with Crippen LogP contribution in [0.4, 0.5) is 10.2 Å². The van der Waals surface area contributed by atoms with Crippen molar-refractivity contribution in [1.82, 2.24) is 9.55 Å². The first-order valence-corrected chi connectivity index (χ1v) is 9.47. The largest absolute Gasteiger partial charge is 0.483 e. The molecule has 0 unspecified atom stereocenters. The molecule has 1 atom stereocenters. The Morgan fingerprint density at radius 1 is 1.47 bits per heavy atom. The second-order valence-electron chi connectivity index (χ2n) is 7.16. The molecule has 3 heterocycles. The molecule has 12 nitrogen and oxygen atoms in total. The molecule has 0 bridgehead atoms. The number of aromatic nitrogens is 2. The number of fused-ring (bicyclic) bond motifs is 1. The number of aromatic carboxylic acids is 1. The number of hydrogen-bond acceptors (Lipinski definition) is 8. The first kappa shape index (κ1) is 24.7. The number of oxime groups is 1. The summed E-state index contributed by atoms with van der Waals surface area (Å²) < 4.78 is 16.5. The fraction of sp³-hybridized carbons (Fsp3) is 0.421. The van der Waals surface area contributed by atoms with Crippen LogP contribution in [0.25, 0.3) is 11.0 Å². The van der Waals surface area contributed by atoms with Crippen LogP contribution in [0.5, 0.6) is 0 Å². The summed E-state index contributed by atoms with van der Waals surface area (Å²) >= 11 is 0. The molecule has 13 heteroatoms. The Hall–Kier alpha value is -3.58. The van der Waals surface area contributed by atoms with E-state index in [0.29, 0.717) is 25.3 Å². The van der Waals surface area contributed by atoms with Gasteiger partial charge in [0.25, 0.3) is 6.47 Å². The van der Waals surface area contributed by atoms with Crippen LogP contribution in [0.1, 0.15) is 29.2 Å². The highest BCUT2D eigenvalue weighted by molar-refractivity contribution is 5.95. The summed E-state index contributed by atoms with van der Waals surface area (Å²) in [5.74, 6) is -2.03.